The maximum atomic E-state index is 11.0. The van der Waals surface area contributed by atoms with Crippen molar-refractivity contribution in [2.45, 2.75) is 25.7 Å². The molecule has 1 aliphatic carbocycles. The molecule has 2 N–H and O–H groups in total. The van der Waals surface area contributed by atoms with Crippen LogP contribution in [0.15, 0.2) is 34.9 Å². The summed E-state index contributed by atoms with van der Waals surface area (Å²) < 4.78 is 5.42. The smallest absolute Gasteiger partial charge is 0.217 e. The highest BCUT2D eigenvalue weighted by Gasteiger charge is 2.42. The molecular weight excluding hydrogens is 226 g/mol. The minimum absolute atomic E-state index is 0.199. The summed E-state index contributed by atoms with van der Waals surface area (Å²) in [7, 11) is 0. The fraction of sp³-hybridized carbons (Fsp3) is 0.400. The molecule has 3 rings (SSSR count). The zero-order chi connectivity index (χ0) is 12.7. The van der Waals surface area contributed by atoms with E-state index in [0.717, 1.165) is 12.0 Å². The van der Waals surface area contributed by atoms with Crippen molar-refractivity contribution < 1.29 is 9.21 Å². The number of furan rings is 1. The Morgan fingerprint density at radius 1 is 1.50 bits per heavy atom. The molecule has 1 heterocycles. The van der Waals surface area contributed by atoms with Gasteiger partial charge in [0.1, 0.15) is 5.58 Å². The average Bonchev–Trinajstić information content (AvgIpc) is 2.97. The summed E-state index contributed by atoms with van der Waals surface area (Å²) in [5.41, 5.74) is 7.56. The van der Waals surface area contributed by atoms with Gasteiger partial charge >= 0.3 is 0 Å². The van der Waals surface area contributed by atoms with E-state index in [0.29, 0.717) is 24.2 Å². The van der Waals surface area contributed by atoms with Crippen molar-refractivity contribution in [3.63, 3.8) is 0 Å². The molecule has 2 aromatic rings. The molecule has 1 saturated carbocycles. The van der Waals surface area contributed by atoms with E-state index < -0.39 is 0 Å². The standard InChI is InChI=1S/C15H17NO2/c1-9(7-15(16)17)12-8-13(12)10-3-2-4-14-11(10)5-6-18-14/h2-6,9,12-13H,7-8H2,1H3,(H2,16,17). The molecule has 1 fully saturated rings. The van der Waals surface area contributed by atoms with Gasteiger partial charge in [-0.3, -0.25) is 4.79 Å². The Morgan fingerprint density at radius 2 is 2.33 bits per heavy atom. The zero-order valence-electron chi connectivity index (χ0n) is 10.4. The van der Waals surface area contributed by atoms with Crippen molar-refractivity contribution in [1.82, 2.24) is 0 Å². The second kappa shape index (κ2) is 4.16. The number of primary amides is 1. The van der Waals surface area contributed by atoms with E-state index >= 15 is 0 Å². The van der Waals surface area contributed by atoms with Crippen LogP contribution in [0.2, 0.25) is 0 Å². The summed E-state index contributed by atoms with van der Waals surface area (Å²) in [4.78, 5) is 11.0. The van der Waals surface area contributed by atoms with Gasteiger partial charge in [0, 0.05) is 11.8 Å². The predicted molar refractivity (Wildman–Crippen MR) is 70.0 cm³/mol. The lowest BCUT2D eigenvalue weighted by atomic mass is 9.96. The Kier molecular flexibility index (Phi) is 2.62. The highest BCUT2D eigenvalue weighted by atomic mass is 16.3. The van der Waals surface area contributed by atoms with Crippen molar-refractivity contribution in [1.29, 1.82) is 0 Å². The summed E-state index contributed by atoms with van der Waals surface area (Å²) in [5, 5.41) is 1.20. The summed E-state index contributed by atoms with van der Waals surface area (Å²) in [5.74, 6) is 1.31. The molecule has 3 atom stereocenters. The van der Waals surface area contributed by atoms with Crippen LogP contribution < -0.4 is 5.73 Å². The molecule has 1 aromatic carbocycles. The first-order chi connectivity index (χ1) is 8.66. The molecule has 0 spiro atoms. The Balaban J connectivity index is 1.82. The summed E-state index contributed by atoms with van der Waals surface area (Å²) >= 11 is 0. The van der Waals surface area contributed by atoms with Crippen LogP contribution in [0.4, 0.5) is 0 Å². The van der Waals surface area contributed by atoms with E-state index in [2.05, 4.69) is 13.0 Å². The molecule has 0 saturated heterocycles. The number of fused-ring (bicyclic) bond motifs is 1. The van der Waals surface area contributed by atoms with Gasteiger partial charge in [-0.1, -0.05) is 19.1 Å². The van der Waals surface area contributed by atoms with Crippen LogP contribution in [0.3, 0.4) is 0 Å². The molecule has 0 bridgehead atoms. The lowest BCUT2D eigenvalue weighted by Gasteiger charge is -2.08. The van der Waals surface area contributed by atoms with E-state index in [1.54, 1.807) is 6.26 Å². The minimum atomic E-state index is -0.199. The van der Waals surface area contributed by atoms with E-state index in [4.69, 9.17) is 10.2 Å². The van der Waals surface area contributed by atoms with Crippen LogP contribution in [0, 0.1) is 11.8 Å². The van der Waals surface area contributed by atoms with Gasteiger partial charge in [0.15, 0.2) is 0 Å². The Hall–Kier alpha value is -1.77. The highest BCUT2D eigenvalue weighted by Crippen LogP contribution is 2.54. The van der Waals surface area contributed by atoms with Gasteiger partial charge in [-0.15, -0.1) is 0 Å². The third-order valence-electron chi connectivity index (χ3n) is 4.02. The zero-order valence-corrected chi connectivity index (χ0v) is 10.4. The quantitative estimate of drug-likeness (QED) is 0.897. The number of nitrogens with two attached hydrogens (primary N) is 1. The topological polar surface area (TPSA) is 56.2 Å². The molecular formula is C15H17NO2. The van der Waals surface area contributed by atoms with E-state index in [-0.39, 0.29) is 5.91 Å². The SMILES string of the molecule is CC(CC(N)=O)C1CC1c1cccc2occc12. The second-order valence-corrected chi connectivity index (χ2v) is 5.33. The Bertz CT molecular complexity index is 587. The van der Waals surface area contributed by atoms with Crippen LogP contribution in [0.25, 0.3) is 11.0 Å². The van der Waals surface area contributed by atoms with Gasteiger partial charge in [-0.25, -0.2) is 0 Å². The molecule has 0 aliphatic heterocycles. The molecule has 1 aliphatic rings. The van der Waals surface area contributed by atoms with Gasteiger partial charge in [0.05, 0.1) is 6.26 Å². The van der Waals surface area contributed by atoms with Gasteiger partial charge < -0.3 is 10.2 Å². The summed E-state index contributed by atoms with van der Waals surface area (Å²) in [6, 6.07) is 8.22. The molecule has 3 heteroatoms. The van der Waals surface area contributed by atoms with Crippen molar-refractivity contribution in [2.75, 3.05) is 0 Å². The van der Waals surface area contributed by atoms with Gasteiger partial charge in [-0.2, -0.15) is 0 Å². The molecule has 18 heavy (non-hydrogen) atoms. The predicted octanol–water partition coefficient (Wildman–Crippen LogP) is 3.05. The number of amides is 1. The lowest BCUT2D eigenvalue weighted by molar-refractivity contribution is -0.118. The first-order valence-electron chi connectivity index (χ1n) is 6.41. The number of benzene rings is 1. The molecule has 3 unspecified atom stereocenters. The first-order valence-corrected chi connectivity index (χ1v) is 6.41. The van der Waals surface area contributed by atoms with Crippen LogP contribution in [0.1, 0.15) is 31.2 Å². The Labute approximate surface area is 106 Å². The van der Waals surface area contributed by atoms with Crippen molar-refractivity contribution in [2.24, 2.45) is 17.6 Å². The second-order valence-electron chi connectivity index (χ2n) is 5.33. The Morgan fingerprint density at radius 3 is 3.11 bits per heavy atom. The van der Waals surface area contributed by atoms with E-state index in [1.807, 2.05) is 18.2 Å². The fourth-order valence-corrected chi connectivity index (χ4v) is 3.01. The summed E-state index contributed by atoms with van der Waals surface area (Å²) in [6.45, 7) is 2.12. The van der Waals surface area contributed by atoms with E-state index in [1.165, 1.54) is 10.9 Å². The van der Waals surface area contributed by atoms with E-state index in [9.17, 15) is 4.79 Å². The van der Waals surface area contributed by atoms with Crippen molar-refractivity contribution in [3.05, 3.63) is 36.1 Å². The normalized spacial score (nSPS) is 24.1. The first kappa shape index (κ1) is 11.3. The largest absolute Gasteiger partial charge is 0.464 e. The van der Waals surface area contributed by atoms with Gasteiger partial charge in [0.2, 0.25) is 5.91 Å². The molecule has 94 valence electrons. The maximum Gasteiger partial charge on any atom is 0.217 e. The third kappa shape index (κ3) is 1.90. The lowest BCUT2D eigenvalue weighted by Crippen LogP contribution is -2.16. The van der Waals surface area contributed by atoms with Crippen LogP contribution in [0.5, 0.6) is 0 Å². The number of carbonyl (C=O) groups is 1. The van der Waals surface area contributed by atoms with Crippen molar-refractivity contribution >= 4 is 16.9 Å². The number of hydrogen-bond acceptors (Lipinski definition) is 2. The number of carbonyl (C=O) groups excluding carboxylic acids is 1. The average molecular weight is 243 g/mol. The summed E-state index contributed by atoms with van der Waals surface area (Å²) in [6.07, 6.45) is 3.37. The fourth-order valence-electron chi connectivity index (χ4n) is 3.01. The number of hydrogen-bond donors (Lipinski definition) is 1. The minimum Gasteiger partial charge on any atom is -0.464 e. The molecule has 3 nitrogen and oxygen atoms in total. The van der Waals surface area contributed by atoms with Crippen LogP contribution in [-0.4, -0.2) is 5.91 Å². The number of rotatable bonds is 4. The highest BCUT2D eigenvalue weighted by molar-refractivity contribution is 5.82. The molecule has 1 amide bonds. The monoisotopic (exact) mass is 243 g/mol. The van der Waals surface area contributed by atoms with Crippen molar-refractivity contribution in [3.8, 4) is 0 Å². The molecule has 1 aromatic heterocycles. The maximum absolute atomic E-state index is 11.0. The molecule has 0 radical (unpaired) electrons. The van der Waals surface area contributed by atoms with Crippen LogP contribution in [-0.2, 0) is 4.79 Å². The third-order valence-corrected chi connectivity index (χ3v) is 4.02. The van der Waals surface area contributed by atoms with Crippen LogP contribution >= 0.6 is 0 Å². The van der Waals surface area contributed by atoms with Gasteiger partial charge in [0.25, 0.3) is 0 Å². The van der Waals surface area contributed by atoms with Gasteiger partial charge in [-0.05, 0) is 41.9 Å².